The maximum atomic E-state index is 5.24. The Labute approximate surface area is 136 Å². The SMILES string of the molecule is COc1cccc(C[C@H](c2cnc[nH]2)c2cccc(C)c2C)n1. The van der Waals surface area contributed by atoms with Crippen LogP contribution in [-0.2, 0) is 6.42 Å². The van der Waals surface area contributed by atoms with E-state index >= 15 is 0 Å². The Hall–Kier alpha value is -2.62. The molecule has 118 valence electrons. The summed E-state index contributed by atoms with van der Waals surface area (Å²) >= 11 is 0. The maximum absolute atomic E-state index is 5.24. The molecule has 0 saturated carbocycles. The number of ether oxygens (including phenoxy) is 1. The van der Waals surface area contributed by atoms with E-state index in [1.807, 2.05) is 24.4 Å². The number of benzene rings is 1. The summed E-state index contributed by atoms with van der Waals surface area (Å²) < 4.78 is 5.24. The summed E-state index contributed by atoms with van der Waals surface area (Å²) in [6.45, 7) is 4.32. The van der Waals surface area contributed by atoms with E-state index in [0.717, 1.165) is 17.8 Å². The molecule has 2 aromatic heterocycles. The summed E-state index contributed by atoms with van der Waals surface area (Å²) in [4.78, 5) is 12.0. The molecule has 23 heavy (non-hydrogen) atoms. The first kappa shape index (κ1) is 15.3. The highest BCUT2D eigenvalue weighted by atomic mass is 16.5. The number of aromatic nitrogens is 3. The third-order valence-corrected chi connectivity index (χ3v) is 4.32. The Kier molecular flexibility index (Phi) is 4.42. The fourth-order valence-corrected chi connectivity index (χ4v) is 2.89. The van der Waals surface area contributed by atoms with E-state index in [9.17, 15) is 0 Å². The van der Waals surface area contributed by atoms with Crippen LogP contribution in [0.5, 0.6) is 5.88 Å². The zero-order valence-corrected chi connectivity index (χ0v) is 13.7. The van der Waals surface area contributed by atoms with Gasteiger partial charge in [0.15, 0.2) is 0 Å². The Morgan fingerprint density at radius 3 is 2.70 bits per heavy atom. The average Bonchev–Trinajstić information content (AvgIpc) is 3.10. The van der Waals surface area contributed by atoms with Crippen molar-refractivity contribution in [1.29, 1.82) is 0 Å². The smallest absolute Gasteiger partial charge is 0.213 e. The molecule has 3 rings (SSSR count). The second-order valence-electron chi connectivity index (χ2n) is 5.72. The van der Waals surface area contributed by atoms with Gasteiger partial charge >= 0.3 is 0 Å². The minimum atomic E-state index is 0.192. The van der Waals surface area contributed by atoms with Gasteiger partial charge in [0.1, 0.15) is 0 Å². The summed E-state index contributed by atoms with van der Waals surface area (Å²) in [5, 5.41) is 0. The Morgan fingerprint density at radius 2 is 1.96 bits per heavy atom. The van der Waals surface area contributed by atoms with E-state index in [4.69, 9.17) is 4.74 Å². The highest BCUT2D eigenvalue weighted by Crippen LogP contribution is 2.30. The van der Waals surface area contributed by atoms with Gasteiger partial charge in [-0.1, -0.05) is 24.3 Å². The zero-order chi connectivity index (χ0) is 16.2. The normalized spacial score (nSPS) is 12.1. The van der Waals surface area contributed by atoms with E-state index in [1.165, 1.54) is 16.7 Å². The summed E-state index contributed by atoms with van der Waals surface area (Å²) in [6.07, 6.45) is 4.42. The number of imidazole rings is 1. The van der Waals surface area contributed by atoms with Crippen molar-refractivity contribution < 1.29 is 4.74 Å². The predicted molar refractivity (Wildman–Crippen MR) is 90.8 cm³/mol. The highest BCUT2D eigenvalue weighted by Gasteiger charge is 2.19. The van der Waals surface area contributed by atoms with Crippen LogP contribution in [0.1, 0.15) is 34.0 Å². The van der Waals surface area contributed by atoms with Crippen molar-refractivity contribution in [3.05, 3.63) is 77.0 Å². The molecular weight excluding hydrogens is 286 g/mol. The van der Waals surface area contributed by atoms with Crippen LogP contribution in [0.2, 0.25) is 0 Å². The molecule has 3 aromatic rings. The van der Waals surface area contributed by atoms with Crippen LogP contribution in [0.15, 0.2) is 48.9 Å². The van der Waals surface area contributed by atoms with Crippen LogP contribution in [0.3, 0.4) is 0 Å². The quantitative estimate of drug-likeness (QED) is 0.780. The largest absolute Gasteiger partial charge is 0.481 e. The van der Waals surface area contributed by atoms with Crippen LogP contribution < -0.4 is 4.74 Å². The third kappa shape index (κ3) is 3.26. The monoisotopic (exact) mass is 307 g/mol. The molecule has 2 heterocycles. The number of aromatic amines is 1. The number of pyridine rings is 1. The number of H-pyrrole nitrogens is 1. The van der Waals surface area contributed by atoms with E-state index in [2.05, 4.69) is 47.0 Å². The van der Waals surface area contributed by atoms with E-state index in [0.29, 0.717) is 5.88 Å². The molecule has 1 aromatic carbocycles. The number of hydrogen-bond acceptors (Lipinski definition) is 3. The highest BCUT2D eigenvalue weighted by molar-refractivity contribution is 5.40. The van der Waals surface area contributed by atoms with E-state index < -0.39 is 0 Å². The molecule has 0 aliphatic rings. The lowest BCUT2D eigenvalue weighted by molar-refractivity contribution is 0.396. The molecule has 4 nitrogen and oxygen atoms in total. The molecule has 1 atom stereocenters. The molecule has 0 bridgehead atoms. The number of nitrogens with zero attached hydrogens (tertiary/aromatic N) is 2. The van der Waals surface area contributed by atoms with Crippen molar-refractivity contribution >= 4 is 0 Å². The third-order valence-electron chi connectivity index (χ3n) is 4.32. The van der Waals surface area contributed by atoms with Crippen LogP contribution in [0.25, 0.3) is 0 Å². The first-order chi connectivity index (χ1) is 11.2. The molecular formula is C19H21N3O. The fraction of sp³-hybridized carbons (Fsp3) is 0.263. The molecule has 0 radical (unpaired) electrons. The van der Waals surface area contributed by atoms with Gasteiger partial charge in [-0.2, -0.15) is 0 Å². The molecule has 0 aliphatic heterocycles. The number of hydrogen-bond donors (Lipinski definition) is 1. The first-order valence-corrected chi connectivity index (χ1v) is 7.73. The van der Waals surface area contributed by atoms with Crippen LogP contribution in [-0.4, -0.2) is 22.1 Å². The fourth-order valence-electron chi connectivity index (χ4n) is 2.89. The first-order valence-electron chi connectivity index (χ1n) is 7.73. The van der Waals surface area contributed by atoms with Crippen molar-refractivity contribution in [2.24, 2.45) is 0 Å². The van der Waals surface area contributed by atoms with Gasteiger partial charge in [0, 0.05) is 36.0 Å². The van der Waals surface area contributed by atoms with Crippen molar-refractivity contribution in [1.82, 2.24) is 15.0 Å². The second kappa shape index (κ2) is 6.65. The standard InChI is InChI=1S/C19H21N3O/c1-13-6-4-8-16(14(13)2)17(18-11-20-12-21-18)10-15-7-5-9-19(22-15)23-3/h4-9,11-12,17H,10H2,1-3H3,(H,20,21)/t17-/m0/s1. The van der Waals surface area contributed by atoms with Crippen molar-refractivity contribution in [2.45, 2.75) is 26.2 Å². The molecule has 0 saturated heterocycles. The number of aryl methyl sites for hydroxylation is 1. The van der Waals surface area contributed by atoms with Crippen LogP contribution >= 0.6 is 0 Å². The number of nitrogens with one attached hydrogen (secondary N) is 1. The Morgan fingerprint density at radius 1 is 1.13 bits per heavy atom. The summed E-state index contributed by atoms with van der Waals surface area (Å²) in [5.41, 5.74) is 6.02. The lowest BCUT2D eigenvalue weighted by Crippen LogP contribution is -2.09. The number of rotatable bonds is 5. The molecule has 0 spiro atoms. The average molecular weight is 307 g/mol. The van der Waals surface area contributed by atoms with Gasteiger partial charge in [-0.15, -0.1) is 0 Å². The lowest BCUT2D eigenvalue weighted by atomic mass is 9.87. The Bertz CT molecular complexity index is 781. The van der Waals surface area contributed by atoms with Gasteiger partial charge < -0.3 is 9.72 Å². The molecule has 1 N–H and O–H groups in total. The van der Waals surface area contributed by atoms with Crippen molar-refractivity contribution in [2.75, 3.05) is 7.11 Å². The van der Waals surface area contributed by atoms with E-state index in [-0.39, 0.29) is 5.92 Å². The number of methoxy groups -OCH3 is 1. The molecule has 4 heteroatoms. The Balaban J connectivity index is 2.01. The van der Waals surface area contributed by atoms with Gasteiger partial charge in [0.2, 0.25) is 5.88 Å². The molecule has 0 amide bonds. The predicted octanol–water partition coefficient (Wildman–Crippen LogP) is 3.80. The summed E-state index contributed by atoms with van der Waals surface area (Å²) in [6, 6.07) is 12.3. The second-order valence-corrected chi connectivity index (χ2v) is 5.72. The van der Waals surface area contributed by atoms with Crippen LogP contribution in [0, 0.1) is 13.8 Å². The van der Waals surface area contributed by atoms with Crippen molar-refractivity contribution in [3.63, 3.8) is 0 Å². The van der Waals surface area contributed by atoms with E-state index in [1.54, 1.807) is 13.4 Å². The molecule has 0 fully saturated rings. The van der Waals surface area contributed by atoms with Crippen molar-refractivity contribution in [3.8, 4) is 5.88 Å². The topological polar surface area (TPSA) is 50.8 Å². The van der Waals surface area contributed by atoms with Gasteiger partial charge in [-0.25, -0.2) is 9.97 Å². The minimum absolute atomic E-state index is 0.192. The maximum Gasteiger partial charge on any atom is 0.213 e. The lowest BCUT2D eigenvalue weighted by Gasteiger charge is -2.19. The van der Waals surface area contributed by atoms with Gasteiger partial charge in [0.05, 0.1) is 13.4 Å². The summed E-state index contributed by atoms with van der Waals surface area (Å²) in [5.74, 6) is 0.837. The zero-order valence-electron chi connectivity index (χ0n) is 13.7. The van der Waals surface area contributed by atoms with Crippen LogP contribution in [0.4, 0.5) is 0 Å². The van der Waals surface area contributed by atoms with Gasteiger partial charge in [0.25, 0.3) is 0 Å². The van der Waals surface area contributed by atoms with Gasteiger partial charge in [-0.05, 0) is 36.6 Å². The minimum Gasteiger partial charge on any atom is -0.481 e. The van der Waals surface area contributed by atoms with Gasteiger partial charge in [-0.3, -0.25) is 0 Å². The molecule has 0 unspecified atom stereocenters. The molecule has 0 aliphatic carbocycles. The summed E-state index contributed by atoms with van der Waals surface area (Å²) in [7, 11) is 1.64.